The van der Waals surface area contributed by atoms with Crippen LogP contribution in [-0.2, 0) is 17.8 Å². The van der Waals surface area contributed by atoms with Crippen LogP contribution in [0.15, 0.2) is 40.5 Å². The van der Waals surface area contributed by atoms with Crippen LogP contribution in [-0.4, -0.2) is 25.7 Å². The second kappa shape index (κ2) is 7.23. The molecule has 0 unspecified atom stereocenters. The number of hydrogen-bond donors (Lipinski definition) is 1. The molecule has 0 spiro atoms. The summed E-state index contributed by atoms with van der Waals surface area (Å²) in [6.07, 6.45) is 3.96. The molecule has 0 aliphatic heterocycles. The van der Waals surface area contributed by atoms with Crippen LogP contribution in [0, 0.1) is 11.3 Å². The van der Waals surface area contributed by atoms with Gasteiger partial charge in [0, 0.05) is 34.0 Å². The number of carbonyl (C=O) groups excluding carboxylic acids is 1. The van der Waals surface area contributed by atoms with Crippen LogP contribution in [0.2, 0.25) is 0 Å². The Hall–Kier alpha value is -3.05. The van der Waals surface area contributed by atoms with E-state index in [9.17, 15) is 9.90 Å². The Kier molecular flexibility index (Phi) is 4.86. The minimum Gasteiger partial charge on any atom is -0.544 e. The van der Waals surface area contributed by atoms with Gasteiger partial charge in [0.1, 0.15) is 12.4 Å². The Balaban J connectivity index is 2.02. The summed E-state index contributed by atoms with van der Waals surface area (Å²) in [4.78, 5) is 15.7. The van der Waals surface area contributed by atoms with Gasteiger partial charge in [-0.25, -0.2) is 4.98 Å². The number of fused-ring (bicyclic) bond motifs is 1. The number of para-hydroxylation sites is 1. The van der Waals surface area contributed by atoms with E-state index in [-0.39, 0.29) is 11.4 Å². The molecule has 0 saturated carbocycles. The van der Waals surface area contributed by atoms with Gasteiger partial charge < -0.3 is 14.5 Å². The molecular formula is C17H14N5O2S-. The summed E-state index contributed by atoms with van der Waals surface area (Å²) in [5.41, 5.74) is 1.56. The van der Waals surface area contributed by atoms with Crippen molar-refractivity contribution in [3.8, 4) is 6.07 Å². The molecule has 8 heteroatoms. The van der Waals surface area contributed by atoms with E-state index < -0.39 is 5.97 Å². The quantitative estimate of drug-likeness (QED) is 0.534. The zero-order valence-electron chi connectivity index (χ0n) is 13.4. The van der Waals surface area contributed by atoms with E-state index in [0.717, 1.165) is 22.7 Å². The molecule has 1 N–H and O–H groups in total. The second-order valence-electron chi connectivity index (χ2n) is 5.20. The minimum atomic E-state index is -1.30. The van der Waals surface area contributed by atoms with E-state index >= 15 is 0 Å². The summed E-state index contributed by atoms with van der Waals surface area (Å²) in [5, 5.41) is 28.4. The van der Waals surface area contributed by atoms with Crippen LogP contribution in [0.3, 0.4) is 0 Å². The summed E-state index contributed by atoms with van der Waals surface area (Å²) in [6.45, 7) is 2.11. The average Bonchev–Trinajstić information content (AvgIpc) is 3.20. The Morgan fingerprint density at radius 3 is 2.96 bits per heavy atom. The number of benzene rings is 1. The molecule has 2 heterocycles. The van der Waals surface area contributed by atoms with Crippen LogP contribution in [0.4, 0.5) is 0 Å². The van der Waals surface area contributed by atoms with Crippen molar-refractivity contribution in [2.75, 3.05) is 0 Å². The summed E-state index contributed by atoms with van der Waals surface area (Å²) >= 11 is 0.930. The first-order valence-corrected chi connectivity index (χ1v) is 8.41. The number of carbonyl (C=O) groups is 1. The lowest BCUT2D eigenvalue weighted by molar-refractivity contribution is -0.297. The zero-order chi connectivity index (χ0) is 17.8. The third-order valence-electron chi connectivity index (χ3n) is 3.60. The molecule has 7 nitrogen and oxygen atoms in total. The molecule has 3 rings (SSSR count). The highest BCUT2D eigenvalue weighted by molar-refractivity contribution is 8.04. The zero-order valence-corrected chi connectivity index (χ0v) is 14.2. The van der Waals surface area contributed by atoms with Gasteiger partial charge in [-0.1, -0.05) is 25.1 Å². The van der Waals surface area contributed by atoms with Crippen molar-refractivity contribution in [2.45, 2.75) is 25.0 Å². The topological polar surface area (TPSA) is 110 Å². The van der Waals surface area contributed by atoms with Crippen molar-refractivity contribution >= 4 is 34.7 Å². The summed E-state index contributed by atoms with van der Waals surface area (Å²) < 4.78 is 1.78. The molecule has 0 radical (unpaired) electrons. The van der Waals surface area contributed by atoms with Gasteiger partial charge in [0.15, 0.2) is 0 Å². The molecule has 0 aliphatic rings. The SMILES string of the molecule is CCc1nc(S/C(=C/c2cn(CC#N)c3ccccc23)C(=O)[O-])n[nH]1. The van der Waals surface area contributed by atoms with Crippen molar-refractivity contribution in [1.82, 2.24) is 19.7 Å². The molecule has 3 aromatic rings. The predicted molar refractivity (Wildman–Crippen MR) is 92.2 cm³/mol. The first-order chi connectivity index (χ1) is 12.1. The number of aromatic amines is 1. The van der Waals surface area contributed by atoms with Crippen LogP contribution in [0.1, 0.15) is 18.3 Å². The maximum atomic E-state index is 11.5. The fourth-order valence-corrected chi connectivity index (χ4v) is 3.16. The lowest BCUT2D eigenvalue weighted by atomic mass is 10.1. The van der Waals surface area contributed by atoms with Crippen molar-refractivity contribution in [1.29, 1.82) is 5.26 Å². The Labute approximate surface area is 148 Å². The number of nitrogens with one attached hydrogen (secondary N) is 1. The highest BCUT2D eigenvalue weighted by Crippen LogP contribution is 2.29. The monoisotopic (exact) mass is 352 g/mol. The van der Waals surface area contributed by atoms with Crippen molar-refractivity contribution < 1.29 is 9.90 Å². The number of aromatic nitrogens is 4. The smallest absolute Gasteiger partial charge is 0.213 e. The largest absolute Gasteiger partial charge is 0.544 e. The first kappa shape index (κ1) is 16.8. The molecule has 0 saturated heterocycles. The number of aryl methyl sites for hydroxylation is 1. The summed E-state index contributed by atoms with van der Waals surface area (Å²) in [5.74, 6) is -0.615. The van der Waals surface area contributed by atoms with Crippen molar-refractivity contribution in [3.63, 3.8) is 0 Å². The van der Waals surface area contributed by atoms with Gasteiger partial charge in [-0.2, -0.15) is 5.26 Å². The lowest BCUT2D eigenvalue weighted by Gasteiger charge is -2.05. The van der Waals surface area contributed by atoms with Crippen LogP contribution in [0.5, 0.6) is 0 Å². The van der Waals surface area contributed by atoms with Gasteiger partial charge in [0.25, 0.3) is 0 Å². The van der Waals surface area contributed by atoms with Crippen LogP contribution < -0.4 is 5.11 Å². The highest BCUT2D eigenvalue weighted by Gasteiger charge is 2.11. The lowest BCUT2D eigenvalue weighted by Crippen LogP contribution is -2.23. The average molecular weight is 352 g/mol. The van der Waals surface area contributed by atoms with Gasteiger partial charge in [0.2, 0.25) is 5.16 Å². The third-order valence-corrected chi connectivity index (χ3v) is 4.47. The van der Waals surface area contributed by atoms with Gasteiger partial charge >= 0.3 is 0 Å². The van der Waals surface area contributed by atoms with E-state index in [2.05, 4.69) is 21.3 Å². The summed E-state index contributed by atoms with van der Waals surface area (Å²) in [7, 11) is 0. The molecule has 0 bridgehead atoms. The number of carboxylic acid groups (broad SMARTS) is 1. The minimum absolute atomic E-state index is 0.00140. The summed E-state index contributed by atoms with van der Waals surface area (Å²) in [6, 6.07) is 9.61. The number of H-pyrrole nitrogens is 1. The van der Waals surface area contributed by atoms with E-state index in [1.165, 1.54) is 6.08 Å². The molecule has 25 heavy (non-hydrogen) atoms. The number of hydrogen-bond acceptors (Lipinski definition) is 6. The van der Waals surface area contributed by atoms with Gasteiger partial charge in [-0.3, -0.25) is 5.10 Å². The first-order valence-electron chi connectivity index (χ1n) is 7.59. The number of thioether (sulfide) groups is 1. The standard InChI is InChI=1S/C17H15N5O2S/c1-2-15-19-17(21-20-15)25-14(16(23)24)9-11-10-22(8-7-18)13-6-4-3-5-12(11)13/h3-6,9-10H,2,8H2,1H3,(H,23,24)(H,19,20,21)/p-1/b14-9+. The van der Waals surface area contributed by atoms with Crippen LogP contribution >= 0.6 is 11.8 Å². The highest BCUT2D eigenvalue weighted by atomic mass is 32.2. The normalized spacial score (nSPS) is 11.6. The molecule has 0 amide bonds. The molecule has 0 atom stereocenters. The predicted octanol–water partition coefficient (Wildman–Crippen LogP) is 1.73. The Morgan fingerprint density at radius 2 is 2.28 bits per heavy atom. The molecule has 0 aliphatic carbocycles. The molecule has 126 valence electrons. The van der Waals surface area contributed by atoms with Gasteiger partial charge in [-0.15, -0.1) is 5.10 Å². The maximum Gasteiger partial charge on any atom is 0.213 e. The fourth-order valence-electron chi connectivity index (χ4n) is 2.45. The van der Waals surface area contributed by atoms with Gasteiger partial charge in [0.05, 0.1) is 12.0 Å². The van der Waals surface area contributed by atoms with Crippen LogP contribution in [0.25, 0.3) is 17.0 Å². The van der Waals surface area contributed by atoms with Gasteiger partial charge in [-0.05, 0) is 23.9 Å². The number of carboxylic acids is 1. The third kappa shape index (κ3) is 3.56. The number of nitriles is 1. The number of aliphatic carboxylic acids is 1. The number of rotatable bonds is 6. The maximum absolute atomic E-state index is 11.5. The second-order valence-corrected chi connectivity index (χ2v) is 6.21. The molecule has 0 fully saturated rings. The van der Waals surface area contributed by atoms with E-state index in [4.69, 9.17) is 5.26 Å². The van der Waals surface area contributed by atoms with E-state index in [0.29, 0.717) is 23.0 Å². The fraction of sp³-hybridized carbons (Fsp3) is 0.176. The molecule has 2 aromatic heterocycles. The van der Waals surface area contributed by atoms with Crippen molar-refractivity contribution in [3.05, 3.63) is 46.8 Å². The van der Waals surface area contributed by atoms with Crippen molar-refractivity contribution in [2.24, 2.45) is 0 Å². The van der Waals surface area contributed by atoms with E-state index in [1.807, 2.05) is 31.2 Å². The number of nitrogens with zero attached hydrogens (tertiary/aromatic N) is 4. The molecular weight excluding hydrogens is 338 g/mol. The Morgan fingerprint density at radius 1 is 1.48 bits per heavy atom. The Bertz CT molecular complexity index is 996. The van der Waals surface area contributed by atoms with E-state index in [1.54, 1.807) is 10.8 Å². The molecule has 1 aromatic carbocycles.